The Hall–Kier alpha value is -1.24. The molecule has 0 unspecified atom stereocenters. The fourth-order valence-corrected chi connectivity index (χ4v) is 2.61. The molecule has 0 aliphatic heterocycles. The van der Waals surface area contributed by atoms with E-state index in [4.69, 9.17) is 27.3 Å². The number of nitrogens with two attached hydrogens (primary N) is 1. The molecule has 0 saturated carbocycles. The van der Waals surface area contributed by atoms with Crippen LogP contribution < -0.4 is 10.5 Å². The lowest BCUT2D eigenvalue weighted by molar-refractivity contribution is 0.318. The number of hydrogen-bond donors (Lipinski definition) is 2. The van der Waals surface area contributed by atoms with E-state index >= 15 is 0 Å². The second-order valence-electron chi connectivity index (χ2n) is 3.78. The summed E-state index contributed by atoms with van der Waals surface area (Å²) in [4.78, 5) is 0. The summed E-state index contributed by atoms with van der Waals surface area (Å²) in [6, 6.07) is 10.5. The van der Waals surface area contributed by atoms with Gasteiger partial charge in [0, 0.05) is 8.95 Å². The molecular weight excluding hydrogens is 411 g/mol. The van der Waals surface area contributed by atoms with Gasteiger partial charge in [-0.2, -0.15) is 0 Å². The first-order chi connectivity index (χ1) is 9.52. The van der Waals surface area contributed by atoms with E-state index in [2.05, 4.69) is 37.0 Å². The molecule has 0 aromatic heterocycles. The molecule has 2 aromatic carbocycles. The van der Waals surface area contributed by atoms with Gasteiger partial charge < -0.3 is 15.7 Å². The van der Waals surface area contributed by atoms with E-state index < -0.39 is 0 Å². The van der Waals surface area contributed by atoms with Crippen molar-refractivity contribution in [2.75, 3.05) is 0 Å². The average Bonchev–Trinajstić information content (AvgIpc) is 2.42. The molecule has 4 nitrogen and oxygen atoms in total. The Kier molecular flexibility index (Phi) is 4.91. The summed E-state index contributed by atoms with van der Waals surface area (Å²) in [6.45, 7) is 0. The summed E-state index contributed by atoms with van der Waals surface area (Å²) >= 11 is 12.8. The molecule has 0 amide bonds. The van der Waals surface area contributed by atoms with E-state index in [1.807, 2.05) is 0 Å². The van der Waals surface area contributed by atoms with Crippen molar-refractivity contribution in [2.24, 2.45) is 10.9 Å². The monoisotopic (exact) mass is 418 g/mol. The van der Waals surface area contributed by atoms with E-state index in [0.717, 1.165) is 4.47 Å². The van der Waals surface area contributed by atoms with Crippen molar-refractivity contribution >= 4 is 49.3 Å². The molecule has 0 spiro atoms. The molecule has 2 aromatic rings. The van der Waals surface area contributed by atoms with Gasteiger partial charge in [-0.3, -0.25) is 0 Å². The SMILES string of the molecule is N/C(=N/O)c1c(Br)cccc1Oc1cc(Br)ccc1Cl. The zero-order valence-electron chi connectivity index (χ0n) is 9.98. The van der Waals surface area contributed by atoms with Crippen molar-refractivity contribution in [3.8, 4) is 11.5 Å². The summed E-state index contributed by atoms with van der Waals surface area (Å²) in [5.41, 5.74) is 6.12. The maximum atomic E-state index is 8.85. The van der Waals surface area contributed by atoms with Crippen LogP contribution in [0.2, 0.25) is 5.02 Å². The van der Waals surface area contributed by atoms with E-state index in [-0.39, 0.29) is 5.84 Å². The van der Waals surface area contributed by atoms with Gasteiger partial charge in [0.2, 0.25) is 0 Å². The van der Waals surface area contributed by atoms with Crippen LogP contribution in [0.15, 0.2) is 50.5 Å². The molecule has 0 atom stereocenters. The molecule has 3 N–H and O–H groups in total. The fourth-order valence-electron chi connectivity index (χ4n) is 1.56. The number of hydrogen-bond acceptors (Lipinski definition) is 3. The Labute approximate surface area is 137 Å². The van der Waals surface area contributed by atoms with Crippen LogP contribution in [0.25, 0.3) is 0 Å². The Morgan fingerprint density at radius 3 is 2.65 bits per heavy atom. The normalized spacial score (nSPS) is 11.4. The van der Waals surface area contributed by atoms with Crippen LogP contribution >= 0.6 is 43.5 Å². The van der Waals surface area contributed by atoms with Gasteiger partial charge in [0.05, 0.1) is 10.6 Å². The minimum atomic E-state index is -0.0569. The number of amidine groups is 1. The van der Waals surface area contributed by atoms with Gasteiger partial charge in [-0.1, -0.05) is 38.8 Å². The molecule has 0 bridgehead atoms. The number of benzene rings is 2. The van der Waals surface area contributed by atoms with Crippen LogP contribution in [0.1, 0.15) is 5.56 Å². The maximum absolute atomic E-state index is 8.85. The Morgan fingerprint density at radius 2 is 1.95 bits per heavy atom. The fraction of sp³-hybridized carbons (Fsp3) is 0. The van der Waals surface area contributed by atoms with Gasteiger partial charge in [-0.15, -0.1) is 0 Å². The van der Waals surface area contributed by atoms with Crippen molar-refractivity contribution in [1.29, 1.82) is 0 Å². The van der Waals surface area contributed by atoms with Gasteiger partial charge in [0.15, 0.2) is 5.84 Å². The number of oxime groups is 1. The van der Waals surface area contributed by atoms with Crippen LogP contribution in [0.5, 0.6) is 11.5 Å². The third kappa shape index (κ3) is 3.26. The van der Waals surface area contributed by atoms with Crippen molar-refractivity contribution in [1.82, 2.24) is 0 Å². The first kappa shape index (κ1) is 15.2. The largest absolute Gasteiger partial charge is 0.455 e. The predicted octanol–water partition coefficient (Wildman–Crippen LogP) is 4.75. The molecule has 0 aliphatic rings. The Bertz CT molecular complexity index is 677. The quantitative estimate of drug-likeness (QED) is 0.326. The van der Waals surface area contributed by atoms with Crippen LogP contribution in [-0.4, -0.2) is 11.0 Å². The van der Waals surface area contributed by atoms with E-state index in [0.29, 0.717) is 26.6 Å². The molecule has 0 heterocycles. The summed E-state index contributed by atoms with van der Waals surface area (Å²) in [5.74, 6) is 0.833. The lowest BCUT2D eigenvalue weighted by Crippen LogP contribution is -2.15. The van der Waals surface area contributed by atoms with Crippen LogP contribution in [0, 0.1) is 0 Å². The second-order valence-corrected chi connectivity index (χ2v) is 5.95. The van der Waals surface area contributed by atoms with Crippen molar-refractivity contribution in [2.45, 2.75) is 0 Å². The lowest BCUT2D eigenvalue weighted by atomic mass is 10.2. The zero-order valence-corrected chi connectivity index (χ0v) is 13.9. The van der Waals surface area contributed by atoms with Gasteiger partial charge in [0.1, 0.15) is 11.5 Å². The smallest absolute Gasteiger partial charge is 0.175 e. The average molecular weight is 420 g/mol. The van der Waals surface area contributed by atoms with Gasteiger partial charge >= 0.3 is 0 Å². The Balaban J connectivity index is 2.49. The lowest BCUT2D eigenvalue weighted by Gasteiger charge is -2.13. The standard InChI is InChI=1S/C13H9Br2ClN2O2/c14-7-4-5-9(16)11(6-7)20-10-3-1-2-8(15)12(10)13(17)18-19/h1-6,19H,(H2,17,18). The molecule has 0 fully saturated rings. The van der Waals surface area contributed by atoms with E-state index in [1.54, 1.807) is 36.4 Å². The molecule has 20 heavy (non-hydrogen) atoms. The van der Waals surface area contributed by atoms with E-state index in [1.165, 1.54) is 0 Å². The molecule has 104 valence electrons. The highest BCUT2D eigenvalue weighted by atomic mass is 79.9. The summed E-state index contributed by atoms with van der Waals surface area (Å²) < 4.78 is 7.24. The van der Waals surface area contributed by atoms with Crippen LogP contribution in [0.3, 0.4) is 0 Å². The van der Waals surface area contributed by atoms with Crippen LogP contribution in [0.4, 0.5) is 0 Å². The minimum Gasteiger partial charge on any atom is -0.455 e. The molecule has 7 heteroatoms. The first-order valence-corrected chi connectivity index (χ1v) is 7.38. The highest BCUT2D eigenvalue weighted by Crippen LogP contribution is 2.35. The van der Waals surface area contributed by atoms with Crippen molar-refractivity contribution < 1.29 is 9.94 Å². The second kappa shape index (κ2) is 6.47. The molecule has 0 saturated heterocycles. The first-order valence-electron chi connectivity index (χ1n) is 5.42. The zero-order chi connectivity index (χ0) is 14.7. The highest BCUT2D eigenvalue weighted by molar-refractivity contribution is 9.10. The number of halogens is 3. The maximum Gasteiger partial charge on any atom is 0.175 e. The van der Waals surface area contributed by atoms with Gasteiger partial charge in [0.25, 0.3) is 0 Å². The molecule has 2 rings (SSSR count). The molecule has 0 radical (unpaired) electrons. The third-order valence-electron chi connectivity index (χ3n) is 2.45. The van der Waals surface area contributed by atoms with Crippen molar-refractivity contribution in [3.63, 3.8) is 0 Å². The number of ether oxygens (including phenoxy) is 1. The molecular formula is C13H9Br2ClN2O2. The summed E-state index contributed by atoms with van der Waals surface area (Å²) in [7, 11) is 0. The predicted molar refractivity (Wildman–Crippen MR) is 85.9 cm³/mol. The third-order valence-corrected chi connectivity index (χ3v) is 3.92. The van der Waals surface area contributed by atoms with Crippen molar-refractivity contribution in [3.05, 3.63) is 55.9 Å². The topological polar surface area (TPSA) is 67.8 Å². The number of nitrogens with zero attached hydrogens (tertiary/aromatic N) is 1. The van der Waals surface area contributed by atoms with Gasteiger partial charge in [-0.25, -0.2) is 0 Å². The highest BCUT2D eigenvalue weighted by Gasteiger charge is 2.14. The van der Waals surface area contributed by atoms with Gasteiger partial charge in [-0.05, 0) is 46.3 Å². The summed E-state index contributed by atoms with van der Waals surface area (Å²) in [5, 5.41) is 12.3. The number of rotatable bonds is 3. The summed E-state index contributed by atoms with van der Waals surface area (Å²) in [6.07, 6.45) is 0. The van der Waals surface area contributed by atoms with E-state index in [9.17, 15) is 0 Å². The molecule has 0 aliphatic carbocycles. The Morgan fingerprint density at radius 1 is 1.20 bits per heavy atom. The minimum absolute atomic E-state index is 0.0569. The van der Waals surface area contributed by atoms with Crippen LogP contribution in [-0.2, 0) is 0 Å².